The van der Waals surface area contributed by atoms with Crippen molar-refractivity contribution in [2.75, 3.05) is 9.80 Å². The van der Waals surface area contributed by atoms with E-state index in [0.29, 0.717) is 0 Å². The molecule has 0 unspecified atom stereocenters. The third-order valence-corrected chi connectivity index (χ3v) is 14.1. The van der Waals surface area contributed by atoms with Crippen molar-refractivity contribution in [1.29, 1.82) is 0 Å². The van der Waals surface area contributed by atoms with E-state index in [1.165, 1.54) is 87.5 Å². The Morgan fingerprint density at radius 1 is 0.222 bits per heavy atom. The molecule has 0 saturated heterocycles. The van der Waals surface area contributed by atoms with E-state index >= 15 is 0 Å². The number of benzene rings is 13. The summed E-state index contributed by atoms with van der Waals surface area (Å²) in [5.41, 5.74) is 14.0. The monoisotopic (exact) mass is 916 g/mol. The van der Waals surface area contributed by atoms with Gasteiger partial charge in [0.05, 0.1) is 11.4 Å². The van der Waals surface area contributed by atoms with Gasteiger partial charge in [-0.3, -0.25) is 0 Å². The van der Waals surface area contributed by atoms with Gasteiger partial charge in [-0.1, -0.05) is 237 Å². The SMILES string of the molecule is C(=Cc1ccc2cc(N(c3ccccc3)c3c4ccccc4c(-c4ccccc4)c4ccccc34)ccc2c1)c1ccc(N(c2ccccc2)c2c3ccccc3c(-c3ccccc3)c3ccccc23)cc1. The second-order valence-corrected chi connectivity index (χ2v) is 18.4. The van der Waals surface area contributed by atoms with Gasteiger partial charge < -0.3 is 9.80 Å². The van der Waals surface area contributed by atoms with Crippen LogP contribution in [0.1, 0.15) is 11.1 Å². The minimum absolute atomic E-state index is 1.10. The number of hydrogen-bond acceptors (Lipinski definition) is 2. The van der Waals surface area contributed by atoms with Crippen molar-refractivity contribution in [2.24, 2.45) is 0 Å². The minimum atomic E-state index is 1.10. The number of anilines is 6. The summed E-state index contributed by atoms with van der Waals surface area (Å²) < 4.78 is 0. The molecular weight excluding hydrogens is 869 g/mol. The lowest BCUT2D eigenvalue weighted by molar-refractivity contribution is 1.31. The van der Waals surface area contributed by atoms with Crippen LogP contribution in [0.15, 0.2) is 279 Å². The predicted molar refractivity (Wildman–Crippen MR) is 310 cm³/mol. The van der Waals surface area contributed by atoms with Gasteiger partial charge in [0.25, 0.3) is 0 Å². The van der Waals surface area contributed by atoms with Crippen molar-refractivity contribution < 1.29 is 0 Å². The Labute approximate surface area is 420 Å². The van der Waals surface area contributed by atoms with Gasteiger partial charge in [0, 0.05) is 44.3 Å². The molecule has 13 aromatic rings. The minimum Gasteiger partial charge on any atom is -0.309 e. The largest absolute Gasteiger partial charge is 0.309 e. The van der Waals surface area contributed by atoms with Gasteiger partial charge in [0.1, 0.15) is 0 Å². The van der Waals surface area contributed by atoms with E-state index in [9.17, 15) is 0 Å². The van der Waals surface area contributed by atoms with Gasteiger partial charge in [-0.05, 0) is 120 Å². The number of nitrogens with zero attached hydrogens (tertiary/aromatic N) is 2. The maximum atomic E-state index is 2.44. The molecule has 0 aliphatic rings. The lowest BCUT2D eigenvalue weighted by atomic mass is 9.90. The first-order valence-corrected chi connectivity index (χ1v) is 24.8. The molecule has 0 radical (unpaired) electrons. The number of rotatable bonds is 10. The molecule has 338 valence electrons. The van der Waals surface area contributed by atoms with Crippen molar-refractivity contribution in [3.05, 3.63) is 290 Å². The van der Waals surface area contributed by atoms with Gasteiger partial charge in [-0.15, -0.1) is 0 Å². The summed E-state index contributed by atoms with van der Waals surface area (Å²) in [5, 5.41) is 12.1. The molecule has 13 rings (SSSR count). The average molecular weight is 917 g/mol. The van der Waals surface area contributed by atoms with Gasteiger partial charge in [0.2, 0.25) is 0 Å². The zero-order valence-corrected chi connectivity index (χ0v) is 39.6. The maximum Gasteiger partial charge on any atom is 0.0618 e. The molecule has 72 heavy (non-hydrogen) atoms. The third kappa shape index (κ3) is 7.63. The summed E-state index contributed by atoms with van der Waals surface area (Å²) in [6.07, 6.45) is 4.45. The Balaban J connectivity index is 0.859. The molecule has 0 aliphatic heterocycles. The summed E-state index contributed by atoms with van der Waals surface area (Å²) in [5.74, 6) is 0. The Hall–Kier alpha value is -9.50. The highest BCUT2D eigenvalue weighted by atomic mass is 15.2. The highest BCUT2D eigenvalue weighted by molar-refractivity contribution is 6.24. The summed E-state index contributed by atoms with van der Waals surface area (Å²) >= 11 is 0. The van der Waals surface area contributed by atoms with Crippen LogP contribution in [0.25, 0.3) is 88.3 Å². The van der Waals surface area contributed by atoms with Crippen molar-refractivity contribution in [3.8, 4) is 22.3 Å². The number of fused-ring (bicyclic) bond motifs is 5. The smallest absolute Gasteiger partial charge is 0.0618 e. The standard InChI is InChI=1S/C70H48N2/c1-5-21-51(22-6-1)67-59-29-13-17-33-63(59)69(64-34-18-14-30-60(64)67)71(55-25-9-3-10-26-55)57-44-40-49(41-45-57)37-38-50-39-42-54-48-58(46-43-53(54)47-50)72(56-27-11-4-12-28-56)70-65-35-19-15-31-61(65)68(52-23-7-2-8-24-52)62-32-16-20-36-66(62)70/h1-48H. The summed E-state index contributed by atoms with van der Waals surface area (Å²) in [4.78, 5) is 4.87. The van der Waals surface area contributed by atoms with E-state index in [4.69, 9.17) is 0 Å². The molecule has 0 aliphatic carbocycles. The molecule has 0 N–H and O–H groups in total. The van der Waals surface area contributed by atoms with E-state index in [-0.39, 0.29) is 0 Å². The fourth-order valence-electron chi connectivity index (χ4n) is 10.9. The molecule has 0 fully saturated rings. The zero-order chi connectivity index (χ0) is 47.8. The topological polar surface area (TPSA) is 6.48 Å². The first-order valence-electron chi connectivity index (χ1n) is 24.8. The molecule has 13 aromatic carbocycles. The molecule has 0 amide bonds. The van der Waals surface area contributed by atoms with Gasteiger partial charge >= 0.3 is 0 Å². The fourth-order valence-corrected chi connectivity index (χ4v) is 10.9. The molecule has 0 saturated carbocycles. The zero-order valence-electron chi connectivity index (χ0n) is 39.6. The van der Waals surface area contributed by atoms with Crippen molar-refractivity contribution >= 4 is 100 Å². The van der Waals surface area contributed by atoms with Crippen LogP contribution in [0.5, 0.6) is 0 Å². The second-order valence-electron chi connectivity index (χ2n) is 18.4. The Morgan fingerprint density at radius 3 is 0.972 bits per heavy atom. The van der Waals surface area contributed by atoms with E-state index in [0.717, 1.165) is 33.9 Å². The van der Waals surface area contributed by atoms with Crippen LogP contribution in [-0.4, -0.2) is 0 Å². The summed E-state index contributed by atoms with van der Waals surface area (Å²) in [7, 11) is 0. The van der Waals surface area contributed by atoms with Crippen LogP contribution in [0.3, 0.4) is 0 Å². The normalized spacial score (nSPS) is 11.6. The van der Waals surface area contributed by atoms with Crippen molar-refractivity contribution in [1.82, 2.24) is 0 Å². The van der Waals surface area contributed by atoms with Gasteiger partial charge in [0.15, 0.2) is 0 Å². The molecule has 2 nitrogen and oxygen atoms in total. The van der Waals surface area contributed by atoms with Gasteiger partial charge in [-0.25, -0.2) is 0 Å². The predicted octanol–water partition coefficient (Wildman–Crippen LogP) is 19.9. The first-order chi connectivity index (χ1) is 35.7. The van der Waals surface area contributed by atoms with E-state index < -0.39 is 0 Å². The lowest BCUT2D eigenvalue weighted by Gasteiger charge is -2.29. The molecule has 0 bridgehead atoms. The average Bonchev–Trinajstić information content (AvgIpc) is 3.45. The van der Waals surface area contributed by atoms with E-state index in [1.54, 1.807) is 0 Å². The quantitative estimate of drug-likeness (QED) is 0.0996. The number of hydrogen-bond donors (Lipinski definition) is 0. The summed E-state index contributed by atoms with van der Waals surface area (Å²) in [6, 6.07) is 101. The van der Waals surface area contributed by atoms with Crippen LogP contribution in [0.4, 0.5) is 34.1 Å². The van der Waals surface area contributed by atoms with E-state index in [1.807, 2.05) is 0 Å². The maximum absolute atomic E-state index is 2.44. The molecule has 0 aromatic heterocycles. The highest BCUT2D eigenvalue weighted by Gasteiger charge is 2.24. The first kappa shape index (κ1) is 42.6. The van der Waals surface area contributed by atoms with Crippen LogP contribution < -0.4 is 9.80 Å². The Bertz CT molecular complexity index is 4010. The molecular formula is C70H48N2. The second kappa shape index (κ2) is 18.4. The van der Waals surface area contributed by atoms with Crippen LogP contribution in [-0.2, 0) is 0 Å². The van der Waals surface area contributed by atoms with Crippen molar-refractivity contribution in [2.45, 2.75) is 0 Å². The molecule has 0 spiro atoms. The molecule has 0 atom stereocenters. The molecule has 0 heterocycles. The number of para-hydroxylation sites is 2. The Morgan fingerprint density at radius 2 is 0.528 bits per heavy atom. The molecule has 2 heteroatoms. The van der Waals surface area contributed by atoms with Crippen LogP contribution in [0, 0.1) is 0 Å². The van der Waals surface area contributed by atoms with Crippen LogP contribution in [0.2, 0.25) is 0 Å². The third-order valence-electron chi connectivity index (χ3n) is 14.1. The van der Waals surface area contributed by atoms with Gasteiger partial charge in [-0.2, -0.15) is 0 Å². The van der Waals surface area contributed by atoms with Crippen LogP contribution >= 0.6 is 0 Å². The highest BCUT2D eigenvalue weighted by Crippen LogP contribution is 2.50. The van der Waals surface area contributed by atoms with Crippen molar-refractivity contribution in [3.63, 3.8) is 0 Å². The summed E-state index contributed by atoms with van der Waals surface area (Å²) in [6.45, 7) is 0. The van der Waals surface area contributed by atoms with E-state index in [2.05, 4.69) is 301 Å². The lowest BCUT2D eigenvalue weighted by Crippen LogP contribution is -2.11. The Kier molecular flexibility index (Phi) is 10.9. The fraction of sp³-hybridized carbons (Fsp3) is 0.